The molecule has 3 heterocycles. The van der Waals surface area contributed by atoms with Crippen LogP contribution in [0.3, 0.4) is 0 Å². The first kappa shape index (κ1) is 15.7. The van der Waals surface area contributed by atoms with Crippen LogP contribution >= 0.6 is 0 Å². The molecule has 6 heteroatoms. The Balaban J connectivity index is 1.56. The van der Waals surface area contributed by atoms with Crippen LogP contribution in [0, 0.1) is 24.2 Å². The molecular weight excluding hydrogens is 338 g/mol. The normalized spacial score (nSPS) is 44.9. The fourth-order valence-electron chi connectivity index (χ4n) is 5.90. The molecule has 1 saturated carbocycles. The first-order chi connectivity index (χ1) is 11.9. The molecule has 0 aromatic heterocycles. The summed E-state index contributed by atoms with van der Waals surface area (Å²) in [5.74, 6) is 0.0590. The Morgan fingerprint density at radius 1 is 1.28 bits per heavy atom. The van der Waals surface area contributed by atoms with Crippen molar-refractivity contribution in [1.29, 1.82) is 0 Å². The van der Waals surface area contributed by atoms with E-state index in [9.17, 15) is 13.8 Å². The first-order valence-electron chi connectivity index (χ1n) is 8.81. The highest BCUT2D eigenvalue weighted by molar-refractivity contribution is 7.85. The second-order valence-corrected chi connectivity index (χ2v) is 9.72. The molecule has 1 aromatic rings. The lowest BCUT2D eigenvalue weighted by atomic mass is 9.51. The molecule has 2 bridgehead atoms. The summed E-state index contributed by atoms with van der Waals surface area (Å²) >= 11 is 0. The molecule has 3 aliphatic heterocycles. The van der Waals surface area contributed by atoms with Gasteiger partial charge < -0.3 is 10.1 Å². The second-order valence-electron chi connectivity index (χ2n) is 8.27. The maximum atomic E-state index is 13.1. The van der Waals surface area contributed by atoms with Gasteiger partial charge in [-0.05, 0) is 19.1 Å². The topological polar surface area (TPSA) is 72.5 Å². The van der Waals surface area contributed by atoms with Crippen molar-refractivity contribution in [3.63, 3.8) is 0 Å². The van der Waals surface area contributed by atoms with Crippen molar-refractivity contribution in [3.8, 4) is 0 Å². The van der Waals surface area contributed by atoms with Crippen LogP contribution < -0.4 is 5.32 Å². The molecule has 132 valence electrons. The summed E-state index contributed by atoms with van der Waals surface area (Å²) in [6.45, 7) is 4.02. The molecular formula is C19H21NO4S. The Hall–Kier alpha value is -1.53. The van der Waals surface area contributed by atoms with Crippen LogP contribution in [0.1, 0.15) is 25.3 Å². The number of fused-ring (bicyclic) bond motifs is 2. The third-order valence-electron chi connectivity index (χ3n) is 7.03. The van der Waals surface area contributed by atoms with Crippen molar-refractivity contribution in [1.82, 2.24) is 5.32 Å². The maximum Gasteiger partial charge on any atom is 0.311 e. The average molecular weight is 359 g/mol. The SMILES string of the molecule is Cc1ccc(S(=O)CC23NC4C5OC(=O)C4C2(C)CC(=O)CC53)cc1. The Labute approximate surface area is 149 Å². The highest BCUT2D eigenvalue weighted by Gasteiger charge is 2.80. The van der Waals surface area contributed by atoms with Gasteiger partial charge in [0.1, 0.15) is 11.9 Å². The number of ether oxygens (including phenoxy) is 1. The lowest BCUT2D eigenvalue weighted by Crippen LogP contribution is -2.63. The molecule has 0 radical (unpaired) electrons. The number of esters is 1. The van der Waals surface area contributed by atoms with Gasteiger partial charge in [-0.25, -0.2) is 0 Å². The summed E-state index contributed by atoms with van der Waals surface area (Å²) in [5, 5.41) is 3.62. The number of Topliss-reactive ketones (excluding diaryl/α,β-unsaturated/α-hetero) is 1. The zero-order valence-corrected chi connectivity index (χ0v) is 15.1. The maximum absolute atomic E-state index is 13.1. The van der Waals surface area contributed by atoms with E-state index in [4.69, 9.17) is 4.74 Å². The van der Waals surface area contributed by atoms with Crippen LogP contribution in [0.15, 0.2) is 29.2 Å². The Kier molecular flexibility index (Phi) is 3.01. The van der Waals surface area contributed by atoms with Crippen molar-refractivity contribution in [3.05, 3.63) is 29.8 Å². The lowest BCUT2D eigenvalue weighted by molar-refractivity contribution is -0.145. The van der Waals surface area contributed by atoms with Crippen molar-refractivity contribution >= 4 is 22.6 Å². The molecule has 7 unspecified atom stereocenters. The van der Waals surface area contributed by atoms with Gasteiger partial charge in [0.15, 0.2) is 0 Å². The first-order valence-corrected chi connectivity index (χ1v) is 10.1. The van der Waals surface area contributed by atoms with Gasteiger partial charge in [-0.15, -0.1) is 0 Å². The summed E-state index contributed by atoms with van der Waals surface area (Å²) in [6, 6.07) is 7.71. The lowest BCUT2D eigenvalue weighted by Gasteiger charge is -2.51. The Morgan fingerprint density at radius 2 is 2.00 bits per heavy atom. The fourth-order valence-corrected chi connectivity index (χ4v) is 7.55. The number of carbonyl (C=O) groups excluding carboxylic acids is 2. The predicted molar refractivity (Wildman–Crippen MR) is 91.3 cm³/mol. The molecule has 3 saturated heterocycles. The molecule has 25 heavy (non-hydrogen) atoms. The zero-order valence-electron chi connectivity index (χ0n) is 14.3. The molecule has 5 rings (SSSR count). The van der Waals surface area contributed by atoms with Gasteiger partial charge in [0.2, 0.25) is 0 Å². The Morgan fingerprint density at radius 3 is 2.72 bits per heavy atom. The Bertz CT molecular complexity index is 821. The van der Waals surface area contributed by atoms with E-state index in [1.807, 2.05) is 38.1 Å². The summed E-state index contributed by atoms with van der Waals surface area (Å²) in [4.78, 5) is 25.6. The number of hydrogen-bond donors (Lipinski definition) is 1. The van der Waals surface area contributed by atoms with E-state index in [0.29, 0.717) is 18.6 Å². The molecule has 1 N–H and O–H groups in total. The quantitative estimate of drug-likeness (QED) is 0.825. The van der Waals surface area contributed by atoms with E-state index in [0.717, 1.165) is 10.5 Å². The van der Waals surface area contributed by atoms with Crippen LogP contribution in [0.2, 0.25) is 0 Å². The smallest absolute Gasteiger partial charge is 0.311 e. The van der Waals surface area contributed by atoms with Crippen LogP contribution in [0.25, 0.3) is 0 Å². The minimum atomic E-state index is -1.19. The van der Waals surface area contributed by atoms with Gasteiger partial charge in [-0.3, -0.25) is 13.8 Å². The minimum Gasteiger partial charge on any atom is -0.460 e. The number of aryl methyl sites for hydroxylation is 1. The summed E-state index contributed by atoms with van der Waals surface area (Å²) in [7, 11) is -1.19. The summed E-state index contributed by atoms with van der Waals surface area (Å²) in [6.07, 6.45) is 0.532. The zero-order chi connectivity index (χ0) is 17.6. The van der Waals surface area contributed by atoms with Crippen molar-refractivity contribution < 1.29 is 18.5 Å². The average Bonchev–Trinajstić information content (AvgIpc) is 3.09. The molecule has 0 spiro atoms. The van der Waals surface area contributed by atoms with E-state index in [1.165, 1.54) is 0 Å². The molecule has 0 amide bonds. The molecule has 4 aliphatic rings. The van der Waals surface area contributed by atoms with Crippen LogP contribution in [0.5, 0.6) is 0 Å². The number of rotatable bonds is 3. The fraction of sp³-hybridized carbons (Fsp3) is 0.579. The van der Waals surface area contributed by atoms with E-state index >= 15 is 0 Å². The van der Waals surface area contributed by atoms with Gasteiger partial charge in [-0.1, -0.05) is 24.6 Å². The molecule has 5 nitrogen and oxygen atoms in total. The molecule has 7 atom stereocenters. The number of nitrogens with one attached hydrogen (secondary N) is 1. The number of carbonyl (C=O) groups is 2. The van der Waals surface area contributed by atoms with E-state index in [-0.39, 0.29) is 35.7 Å². The van der Waals surface area contributed by atoms with E-state index in [2.05, 4.69) is 5.32 Å². The highest BCUT2D eigenvalue weighted by Crippen LogP contribution is 2.66. The van der Waals surface area contributed by atoms with Crippen LogP contribution in [-0.2, 0) is 25.1 Å². The minimum absolute atomic E-state index is 0.0365. The van der Waals surface area contributed by atoms with Crippen molar-refractivity contribution in [2.24, 2.45) is 17.3 Å². The van der Waals surface area contributed by atoms with E-state index in [1.54, 1.807) is 0 Å². The second kappa shape index (κ2) is 4.80. The number of ketones is 1. The monoisotopic (exact) mass is 359 g/mol. The van der Waals surface area contributed by atoms with Crippen molar-refractivity contribution in [2.75, 3.05) is 5.75 Å². The number of benzene rings is 1. The van der Waals surface area contributed by atoms with Crippen LogP contribution in [-0.4, -0.2) is 39.4 Å². The van der Waals surface area contributed by atoms with E-state index < -0.39 is 21.8 Å². The standard InChI is InChI=1S/C19H21NO4S/c1-10-3-5-12(6-4-10)25(23)9-19-13-7-11(21)8-18(19,2)14-15(20-19)16(13)24-17(14)22/h3-6,13-16,20H,7-9H2,1-2H3. The summed E-state index contributed by atoms with van der Waals surface area (Å²) in [5.41, 5.74) is 0.149. The van der Waals surface area contributed by atoms with Gasteiger partial charge in [0.25, 0.3) is 0 Å². The summed E-state index contributed by atoms with van der Waals surface area (Å²) < 4.78 is 18.8. The van der Waals surface area contributed by atoms with Crippen LogP contribution in [0.4, 0.5) is 0 Å². The molecule has 1 aliphatic carbocycles. The predicted octanol–water partition coefficient (Wildman–Crippen LogP) is 1.35. The van der Waals surface area contributed by atoms with Gasteiger partial charge >= 0.3 is 5.97 Å². The highest BCUT2D eigenvalue weighted by atomic mass is 32.2. The van der Waals surface area contributed by atoms with Gasteiger partial charge in [0.05, 0.1) is 22.8 Å². The molecule has 4 fully saturated rings. The van der Waals surface area contributed by atoms with Gasteiger partial charge in [0, 0.05) is 40.4 Å². The van der Waals surface area contributed by atoms with Crippen molar-refractivity contribution in [2.45, 2.75) is 49.3 Å². The van der Waals surface area contributed by atoms with Gasteiger partial charge in [-0.2, -0.15) is 0 Å². The third-order valence-corrected chi connectivity index (χ3v) is 8.55. The third kappa shape index (κ3) is 1.79. The molecule has 1 aromatic carbocycles. The largest absolute Gasteiger partial charge is 0.460 e. The number of hydrogen-bond acceptors (Lipinski definition) is 5.